The number of rotatable bonds is 3. The summed E-state index contributed by atoms with van der Waals surface area (Å²) in [4.78, 5) is 4.58. The number of nitrogen functional groups attached to an aromatic ring is 1. The van der Waals surface area contributed by atoms with Crippen LogP contribution in [0, 0.1) is 13.8 Å². The quantitative estimate of drug-likeness (QED) is 0.648. The van der Waals surface area contributed by atoms with Gasteiger partial charge in [-0.3, -0.25) is 0 Å². The van der Waals surface area contributed by atoms with Crippen LogP contribution in [0.4, 0.5) is 5.69 Å². The standard InChI is InChI=1S/C17H18ClN3OS/c1-10-8-15(11(2)7-14(10)19)22-17-20-16(21-23-17)9-12-3-5-13(18)6-4-12/h3-8,16,21H,9,19H2,1-2H3. The molecule has 0 saturated heterocycles. The monoisotopic (exact) mass is 347 g/mol. The maximum Gasteiger partial charge on any atom is 0.268 e. The van der Waals surface area contributed by atoms with Gasteiger partial charge in [-0.05, 0) is 54.8 Å². The highest BCUT2D eigenvalue weighted by Gasteiger charge is 2.20. The van der Waals surface area contributed by atoms with Gasteiger partial charge in [-0.25, -0.2) is 9.71 Å². The molecule has 0 aliphatic carbocycles. The highest BCUT2D eigenvalue weighted by molar-refractivity contribution is 8.12. The summed E-state index contributed by atoms with van der Waals surface area (Å²) >= 11 is 7.31. The van der Waals surface area contributed by atoms with Gasteiger partial charge >= 0.3 is 0 Å². The Hall–Kier alpha value is -1.69. The van der Waals surface area contributed by atoms with Crippen LogP contribution in [-0.2, 0) is 6.42 Å². The van der Waals surface area contributed by atoms with Gasteiger partial charge in [-0.15, -0.1) is 0 Å². The van der Waals surface area contributed by atoms with Gasteiger partial charge in [-0.1, -0.05) is 23.7 Å². The van der Waals surface area contributed by atoms with Crippen molar-refractivity contribution in [3.05, 3.63) is 58.1 Å². The Balaban J connectivity index is 1.68. The van der Waals surface area contributed by atoms with E-state index in [1.54, 1.807) is 0 Å². The fraction of sp³-hybridized carbons (Fsp3) is 0.235. The summed E-state index contributed by atoms with van der Waals surface area (Å²) in [5, 5.41) is 1.36. The number of nitrogens with zero attached hydrogens (tertiary/aromatic N) is 1. The molecule has 1 atom stereocenters. The van der Waals surface area contributed by atoms with Crippen molar-refractivity contribution in [2.75, 3.05) is 5.73 Å². The molecule has 1 aliphatic heterocycles. The summed E-state index contributed by atoms with van der Waals surface area (Å²) < 4.78 is 9.17. The third-order valence-electron chi connectivity index (χ3n) is 3.65. The number of hydrogen-bond acceptors (Lipinski definition) is 5. The topological polar surface area (TPSA) is 59.6 Å². The maximum atomic E-state index is 5.90. The number of nitrogens with one attached hydrogen (secondary N) is 1. The number of anilines is 1. The Kier molecular flexibility index (Phi) is 4.80. The van der Waals surface area contributed by atoms with E-state index in [0.717, 1.165) is 34.0 Å². The van der Waals surface area contributed by atoms with Crippen molar-refractivity contribution in [3.8, 4) is 5.75 Å². The van der Waals surface area contributed by atoms with Crippen LogP contribution in [0.5, 0.6) is 5.75 Å². The van der Waals surface area contributed by atoms with Gasteiger partial charge in [-0.2, -0.15) is 0 Å². The van der Waals surface area contributed by atoms with Crippen LogP contribution in [-0.4, -0.2) is 11.4 Å². The van der Waals surface area contributed by atoms with Crippen LogP contribution in [0.2, 0.25) is 5.02 Å². The molecular weight excluding hydrogens is 330 g/mol. The molecule has 3 rings (SSSR count). The molecule has 0 amide bonds. The van der Waals surface area contributed by atoms with Gasteiger partial charge in [0.1, 0.15) is 11.9 Å². The molecule has 0 radical (unpaired) electrons. The third kappa shape index (κ3) is 3.99. The van der Waals surface area contributed by atoms with E-state index < -0.39 is 0 Å². The molecule has 120 valence electrons. The summed E-state index contributed by atoms with van der Waals surface area (Å²) in [5.41, 5.74) is 9.85. The van der Waals surface area contributed by atoms with E-state index in [4.69, 9.17) is 22.1 Å². The van der Waals surface area contributed by atoms with Crippen LogP contribution >= 0.6 is 23.5 Å². The highest BCUT2D eigenvalue weighted by atomic mass is 35.5. The van der Waals surface area contributed by atoms with Gasteiger partial charge < -0.3 is 10.5 Å². The summed E-state index contributed by atoms with van der Waals surface area (Å²) in [7, 11) is 0. The van der Waals surface area contributed by atoms with Crippen molar-refractivity contribution in [2.24, 2.45) is 4.99 Å². The van der Waals surface area contributed by atoms with Gasteiger partial charge in [0.2, 0.25) is 0 Å². The highest BCUT2D eigenvalue weighted by Crippen LogP contribution is 2.27. The van der Waals surface area contributed by atoms with Crippen molar-refractivity contribution in [1.82, 2.24) is 4.72 Å². The summed E-state index contributed by atoms with van der Waals surface area (Å²) in [5.74, 6) is 0.789. The van der Waals surface area contributed by atoms with Crippen LogP contribution < -0.4 is 15.2 Å². The molecule has 1 heterocycles. The van der Waals surface area contributed by atoms with E-state index >= 15 is 0 Å². The number of halogens is 1. The Morgan fingerprint density at radius 2 is 1.96 bits per heavy atom. The molecule has 1 unspecified atom stereocenters. The smallest absolute Gasteiger partial charge is 0.268 e. The molecule has 0 spiro atoms. The first-order valence-electron chi connectivity index (χ1n) is 7.30. The SMILES string of the molecule is Cc1cc(OC2=NC(Cc3ccc(Cl)cc3)NS2)c(C)cc1N. The lowest BCUT2D eigenvalue weighted by Gasteiger charge is -2.09. The minimum atomic E-state index is -0.00800. The lowest BCUT2D eigenvalue weighted by atomic mass is 10.1. The first-order valence-corrected chi connectivity index (χ1v) is 8.50. The lowest BCUT2D eigenvalue weighted by molar-refractivity contribution is 0.551. The Morgan fingerprint density at radius 1 is 1.22 bits per heavy atom. The van der Waals surface area contributed by atoms with Crippen LogP contribution in [0.15, 0.2) is 41.4 Å². The average Bonchev–Trinajstić information content (AvgIpc) is 2.94. The summed E-state index contributed by atoms with van der Waals surface area (Å²) in [6.07, 6.45) is 0.780. The van der Waals surface area contributed by atoms with Crippen molar-refractivity contribution in [1.29, 1.82) is 0 Å². The predicted octanol–water partition coefficient (Wildman–Crippen LogP) is 4.09. The molecule has 0 fully saturated rings. The molecule has 3 N–H and O–H groups in total. The molecule has 0 aromatic heterocycles. The largest absolute Gasteiger partial charge is 0.433 e. The van der Waals surface area contributed by atoms with Gasteiger partial charge in [0.05, 0.1) is 0 Å². The molecular formula is C17H18ClN3OS. The minimum Gasteiger partial charge on any atom is -0.433 e. The van der Waals surface area contributed by atoms with Crippen molar-refractivity contribution >= 4 is 34.5 Å². The van der Waals surface area contributed by atoms with E-state index in [9.17, 15) is 0 Å². The Labute approximate surface area is 145 Å². The second kappa shape index (κ2) is 6.83. The molecule has 6 heteroatoms. The maximum absolute atomic E-state index is 5.90. The second-order valence-electron chi connectivity index (χ2n) is 5.54. The van der Waals surface area contributed by atoms with E-state index in [1.165, 1.54) is 17.5 Å². The lowest BCUT2D eigenvalue weighted by Crippen LogP contribution is -2.18. The average molecular weight is 348 g/mol. The molecule has 4 nitrogen and oxygen atoms in total. The van der Waals surface area contributed by atoms with E-state index in [2.05, 4.69) is 9.71 Å². The predicted molar refractivity (Wildman–Crippen MR) is 98.1 cm³/mol. The zero-order valence-electron chi connectivity index (χ0n) is 13.0. The summed E-state index contributed by atoms with van der Waals surface area (Å²) in [6, 6.07) is 11.7. The number of aryl methyl sites for hydroxylation is 2. The first kappa shape index (κ1) is 16.2. The van der Waals surface area contributed by atoms with Crippen molar-refractivity contribution in [3.63, 3.8) is 0 Å². The normalized spacial score (nSPS) is 17.2. The number of nitrogens with two attached hydrogens (primary N) is 1. The second-order valence-corrected chi connectivity index (χ2v) is 6.76. The third-order valence-corrected chi connectivity index (χ3v) is 4.65. The number of aliphatic imine (C=N–C) groups is 1. The van der Waals surface area contributed by atoms with E-state index in [-0.39, 0.29) is 6.17 Å². The van der Waals surface area contributed by atoms with Gasteiger partial charge in [0.15, 0.2) is 0 Å². The van der Waals surface area contributed by atoms with E-state index in [0.29, 0.717) is 5.23 Å². The summed E-state index contributed by atoms with van der Waals surface area (Å²) in [6.45, 7) is 3.94. The number of benzene rings is 2. The van der Waals surface area contributed by atoms with Crippen LogP contribution in [0.1, 0.15) is 16.7 Å². The molecule has 2 aromatic carbocycles. The van der Waals surface area contributed by atoms with Crippen molar-refractivity contribution in [2.45, 2.75) is 26.4 Å². The Morgan fingerprint density at radius 3 is 2.70 bits per heavy atom. The molecule has 23 heavy (non-hydrogen) atoms. The first-order chi connectivity index (χ1) is 11.0. The van der Waals surface area contributed by atoms with Gasteiger partial charge in [0, 0.05) is 29.1 Å². The van der Waals surface area contributed by atoms with Gasteiger partial charge in [0.25, 0.3) is 5.23 Å². The molecule has 0 bridgehead atoms. The Bertz CT molecular complexity index is 746. The molecule has 0 saturated carbocycles. The fourth-order valence-electron chi connectivity index (χ4n) is 2.29. The van der Waals surface area contributed by atoms with Crippen LogP contribution in [0.3, 0.4) is 0 Å². The minimum absolute atomic E-state index is 0.00800. The zero-order valence-corrected chi connectivity index (χ0v) is 14.5. The molecule has 1 aliphatic rings. The van der Waals surface area contributed by atoms with Crippen LogP contribution in [0.25, 0.3) is 0 Å². The fourth-order valence-corrected chi connectivity index (χ4v) is 3.10. The number of ether oxygens (including phenoxy) is 1. The zero-order chi connectivity index (χ0) is 16.4. The molecule has 2 aromatic rings. The van der Waals surface area contributed by atoms with E-state index in [1.807, 2.05) is 50.2 Å². The number of hydrogen-bond donors (Lipinski definition) is 2. The van der Waals surface area contributed by atoms with Crippen molar-refractivity contribution < 1.29 is 4.74 Å².